The Morgan fingerprint density at radius 3 is 3.00 bits per heavy atom. The lowest BCUT2D eigenvalue weighted by Crippen LogP contribution is -2.35. The molecule has 118 valence electrons. The number of likely N-dealkylation sites (tertiary alicyclic amines) is 1. The van der Waals surface area contributed by atoms with Gasteiger partial charge in [0, 0.05) is 20.0 Å². The number of H-pyrrole nitrogens is 1. The van der Waals surface area contributed by atoms with Crippen LogP contribution in [0, 0.1) is 0 Å². The molecule has 1 saturated heterocycles. The van der Waals surface area contributed by atoms with Gasteiger partial charge in [-0.25, -0.2) is 0 Å². The highest BCUT2D eigenvalue weighted by molar-refractivity contribution is 6.33. The monoisotopic (exact) mass is 324 g/mol. The molecule has 0 aliphatic carbocycles. The molecule has 1 amide bonds. The average Bonchev–Trinajstić information content (AvgIpc) is 3.20. The summed E-state index contributed by atoms with van der Waals surface area (Å²) in [5, 5.41) is 25.3. The zero-order chi connectivity index (χ0) is 15.9. The quantitative estimate of drug-likeness (QED) is 0.855. The molecule has 22 heavy (non-hydrogen) atoms. The smallest absolute Gasteiger partial charge is 0.259 e. The van der Waals surface area contributed by atoms with E-state index in [0.29, 0.717) is 41.5 Å². The lowest BCUT2D eigenvalue weighted by atomic mass is 10.00. The highest BCUT2D eigenvalue weighted by Crippen LogP contribution is 2.32. The Labute approximate surface area is 132 Å². The van der Waals surface area contributed by atoms with Crippen molar-refractivity contribution in [1.82, 2.24) is 30.1 Å². The zero-order valence-electron chi connectivity index (χ0n) is 12.4. The van der Waals surface area contributed by atoms with Crippen LogP contribution in [-0.2, 0) is 19.1 Å². The molecule has 0 radical (unpaired) electrons. The lowest BCUT2D eigenvalue weighted by molar-refractivity contribution is 0.0382. The van der Waals surface area contributed by atoms with Gasteiger partial charge in [0.15, 0.2) is 0 Å². The number of amides is 1. The van der Waals surface area contributed by atoms with Crippen molar-refractivity contribution in [1.29, 1.82) is 0 Å². The number of nitrogens with one attached hydrogen (secondary N) is 1. The molecule has 0 bridgehead atoms. The first-order valence-electron chi connectivity index (χ1n) is 7.05. The number of halogens is 1. The Morgan fingerprint density at radius 2 is 2.36 bits per heavy atom. The Bertz CT molecular complexity index is 698. The van der Waals surface area contributed by atoms with E-state index in [4.69, 9.17) is 11.6 Å². The third kappa shape index (κ3) is 2.28. The minimum atomic E-state index is -1.18. The second-order valence-electron chi connectivity index (χ2n) is 5.45. The van der Waals surface area contributed by atoms with E-state index in [1.54, 1.807) is 11.9 Å². The van der Waals surface area contributed by atoms with Gasteiger partial charge in [0.1, 0.15) is 16.4 Å². The van der Waals surface area contributed by atoms with Crippen LogP contribution in [0.25, 0.3) is 0 Å². The molecule has 9 heteroatoms. The van der Waals surface area contributed by atoms with Crippen molar-refractivity contribution in [2.75, 3.05) is 13.1 Å². The van der Waals surface area contributed by atoms with Crippen LogP contribution in [-0.4, -0.2) is 54.2 Å². The van der Waals surface area contributed by atoms with Crippen molar-refractivity contribution in [3.63, 3.8) is 0 Å². The van der Waals surface area contributed by atoms with Crippen molar-refractivity contribution in [2.45, 2.75) is 25.4 Å². The van der Waals surface area contributed by atoms with Gasteiger partial charge in [-0.15, -0.1) is 0 Å². The molecule has 0 spiro atoms. The molecular formula is C13H17ClN6O2. The molecule has 2 aromatic heterocycles. The lowest BCUT2D eigenvalue weighted by Gasteiger charge is -2.21. The fraction of sp³-hybridized carbons (Fsp3) is 0.538. The van der Waals surface area contributed by atoms with Gasteiger partial charge in [0.05, 0.1) is 24.0 Å². The van der Waals surface area contributed by atoms with Gasteiger partial charge < -0.3 is 10.0 Å². The summed E-state index contributed by atoms with van der Waals surface area (Å²) < 4.78 is 1.49. The fourth-order valence-corrected chi connectivity index (χ4v) is 3.00. The van der Waals surface area contributed by atoms with Crippen molar-refractivity contribution in [3.05, 3.63) is 28.3 Å². The number of carbonyl (C=O) groups is 1. The van der Waals surface area contributed by atoms with Gasteiger partial charge >= 0.3 is 0 Å². The summed E-state index contributed by atoms with van der Waals surface area (Å²) in [6.45, 7) is 2.51. The number of aromatic nitrogens is 5. The van der Waals surface area contributed by atoms with Crippen molar-refractivity contribution in [3.8, 4) is 0 Å². The van der Waals surface area contributed by atoms with Crippen molar-refractivity contribution in [2.24, 2.45) is 7.05 Å². The molecule has 1 atom stereocenters. The first-order chi connectivity index (χ1) is 10.5. The summed E-state index contributed by atoms with van der Waals surface area (Å²) in [6.07, 6.45) is 2.50. The number of hydrogen-bond acceptors (Lipinski definition) is 5. The fourth-order valence-electron chi connectivity index (χ4n) is 2.78. The molecule has 0 aromatic carbocycles. The van der Waals surface area contributed by atoms with E-state index in [0.717, 1.165) is 0 Å². The van der Waals surface area contributed by atoms with Crippen LogP contribution in [0.5, 0.6) is 0 Å². The number of aromatic amines is 1. The van der Waals surface area contributed by atoms with E-state index in [1.807, 2.05) is 6.92 Å². The molecule has 0 unspecified atom stereocenters. The summed E-state index contributed by atoms with van der Waals surface area (Å²) >= 11 is 6.20. The highest BCUT2D eigenvalue weighted by Gasteiger charge is 2.42. The van der Waals surface area contributed by atoms with E-state index in [9.17, 15) is 9.90 Å². The van der Waals surface area contributed by atoms with Crippen LogP contribution in [0.1, 0.15) is 35.1 Å². The Hall–Kier alpha value is -1.93. The largest absolute Gasteiger partial charge is 0.381 e. The molecule has 1 aliphatic heterocycles. The number of hydrogen-bond donors (Lipinski definition) is 2. The predicted molar refractivity (Wildman–Crippen MR) is 78.4 cm³/mol. The van der Waals surface area contributed by atoms with E-state index < -0.39 is 5.60 Å². The molecule has 3 heterocycles. The topological polar surface area (TPSA) is 99.9 Å². The molecule has 3 rings (SSSR count). The SMILES string of the molecule is CCc1nn(C)c(Cl)c1C(=O)N1CC[C@@](O)(c2cn[nH]n2)C1. The average molecular weight is 325 g/mol. The number of rotatable bonds is 3. The second kappa shape index (κ2) is 5.36. The van der Waals surface area contributed by atoms with Crippen LogP contribution in [0.15, 0.2) is 6.20 Å². The maximum Gasteiger partial charge on any atom is 0.259 e. The van der Waals surface area contributed by atoms with Crippen LogP contribution in [0.4, 0.5) is 0 Å². The van der Waals surface area contributed by atoms with Crippen molar-refractivity contribution >= 4 is 17.5 Å². The number of aliphatic hydroxyl groups is 1. The Kier molecular flexibility index (Phi) is 3.65. The van der Waals surface area contributed by atoms with E-state index in [-0.39, 0.29) is 12.5 Å². The Morgan fingerprint density at radius 1 is 1.59 bits per heavy atom. The first-order valence-corrected chi connectivity index (χ1v) is 7.43. The van der Waals surface area contributed by atoms with Gasteiger partial charge in [-0.05, 0) is 6.42 Å². The maximum atomic E-state index is 12.8. The third-order valence-electron chi connectivity index (χ3n) is 4.03. The van der Waals surface area contributed by atoms with Crippen LogP contribution in [0.3, 0.4) is 0 Å². The van der Waals surface area contributed by atoms with Crippen LogP contribution in [0.2, 0.25) is 5.15 Å². The molecule has 0 saturated carbocycles. The minimum Gasteiger partial charge on any atom is -0.381 e. The number of carbonyl (C=O) groups excluding carboxylic acids is 1. The van der Waals surface area contributed by atoms with Gasteiger partial charge in [0.2, 0.25) is 0 Å². The molecule has 8 nitrogen and oxygen atoms in total. The van der Waals surface area contributed by atoms with E-state index in [1.165, 1.54) is 10.9 Å². The van der Waals surface area contributed by atoms with Gasteiger partial charge in [0.25, 0.3) is 5.91 Å². The summed E-state index contributed by atoms with van der Waals surface area (Å²) in [5.74, 6) is -0.214. The van der Waals surface area contributed by atoms with Gasteiger partial charge in [-0.2, -0.15) is 20.5 Å². The van der Waals surface area contributed by atoms with Crippen LogP contribution >= 0.6 is 11.6 Å². The number of nitrogens with zero attached hydrogens (tertiary/aromatic N) is 5. The molecule has 2 aromatic rings. The zero-order valence-corrected chi connectivity index (χ0v) is 13.1. The van der Waals surface area contributed by atoms with Gasteiger partial charge in [-0.3, -0.25) is 9.48 Å². The summed E-state index contributed by atoms with van der Waals surface area (Å²) in [4.78, 5) is 14.3. The normalized spacial score (nSPS) is 21.5. The Balaban J connectivity index is 1.86. The summed E-state index contributed by atoms with van der Waals surface area (Å²) in [6, 6.07) is 0. The standard InChI is InChI=1S/C13H17ClN6O2/c1-3-8-10(11(14)19(2)17-8)12(21)20-5-4-13(22,7-20)9-6-15-18-16-9/h6,22H,3-5,7H2,1-2H3,(H,15,16,18)/t13-/m0/s1. The summed E-state index contributed by atoms with van der Waals surface area (Å²) in [5.41, 5.74) is 0.338. The third-order valence-corrected chi connectivity index (χ3v) is 4.46. The molecule has 1 fully saturated rings. The van der Waals surface area contributed by atoms with Crippen molar-refractivity contribution < 1.29 is 9.90 Å². The molecule has 2 N–H and O–H groups in total. The minimum absolute atomic E-state index is 0.159. The molecular weight excluding hydrogens is 308 g/mol. The second-order valence-corrected chi connectivity index (χ2v) is 5.81. The van der Waals surface area contributed by atoms with E-state index in [2.05, 4.69) is 20.5 Å². The van der Waals surface area contributed by atoms with Gasteiger partial charge in [-0.1, -0.05) is 18.5 Å². The number of aryl methyl sites for hydroxylation is 2. The first kappa shape index (κ1) is 15.0. The maximum absolute atomic E-state index is 12.8. The van der Waals surface area contributed by atoms with Crippen LogP contribution < -0.4 is 0 Å². The molecule has 1 aliphatic rings. The predicted octanol–water partition coefficient (Wildman–Crippen LogP) is 0.488. The van der Waals surface area contributed by atoms with E-state index >= 15 is 0 Å². The summed E-state index contributed by atoms with van der Waals surface area (Å²) in [7, 11) is 1.70. The number of β-amino-alcohol motifs (C(OH)–C–C–N with tert-alkyl or cyclic N) is 1. The highest BCUT2D eigenvalue weighted by atomic mass is 35.5.